The maximum absolute atomic E-state index is 12.0. The number of hydrogen-bond acceptors (Lipinski definition) is 5. The number of aryl methyl sites for hydroxylation is 1. The molecule has 30 heavy (non-hydrogen) atoms. The van der Waals surface area contributed by atoms with Gasteiger partial charge < -0.3 is 10.1 Å². The fourth-order valence-corrected chi connectivity index (χ4v) is 2.89. The van der Waals surface area contributed by atoms with Crippen LogP contribution in [0.25, 0.3) is 0 Å². The van der Waals surface area contributed by atoms with E-state index in [0.29, 0.717) is 5.56 Å². The first-order valence-electron chi connectivity index (χ1n) is 10.5. The number of benzene rings is 1. The molecule has 0 bridgehead atoms. The molecule has 0 amide bonds. The third kappa shape index (κ3) is 9.38. The Morgan fingerprint density at radius 2 is 1.73 bits per heavy atom. The van der Waals surface area contributed by atoms with E-state index in [1.165, 1.54) is 7.11 Å². The number of nitrogens with one attached hydrogen (secondary N) is 1. The molecule has 1 aromatic heterocycles. The minimum absolute atomic E-state index is 0.0504. The Labute approximate surface area is 179 Å². The zero-order chi connectivity index (χ0) is 21.4. The van der Waals surface area contributed by atoms with E-state index < -0.39 is 0 Å². The Morgan fingerprint density at radius 3 is 2.43 bits per heavy atom. The molecule has 5 heteroatoms. The number of hydrogen-bond donors (Lipinski definition) is 1. The summed E-state index contributed by atoms with van der Waals surface area (Å²) in [5.41, 5.74) is 2.73. The highest BCUT2D eigenvalue weighted by Gasteiger charge is 2.09. The van der Waals surface area contributed by atoms with Crippen molar-refractivity contribution in [2.45, 2.75) is 51.4 Å². The Bertz CT molecular complexity index is 836. The molecule has 0 atom stereocenters. The first-order chi connectivity index (χ1) is 14.7. The van der Waals surface area contributed by atoms with Gasteiger partial charge in [-0.3, -0.25) is 14.6 Å². The summed E-state index contributed by atoms with van der Waals surface area (Å²) in [7, 11) is 1.32. The number of esters is 1. The van der Waals surface area contributed by atoms with Crippen LogP contribution in [0.15, 0.2) is 48.7 Å². The van der Waals surface area contributed by atoms with Crippen molar-refractivity contribution in [3.63, 3.8) is 0 Å². The molecule has 0 aliphatic heterocycles. The highest BCUT2D eigenvalue weighted by molar-refractivity contribution is 5.97. The van der Waals surface area contributed by atoms with Crippen molar-refractivity contribution in [2.24, 2.45) is 0 Å². The number of carbonyl (C=O) groups excluding carboxylic acids is 2. The first kappa shape index (κ1) is 23.2. The number of rotatable bonds is 12. The van der Waals surface area contributed by atoms with E-state index in [0.717, 1.165) is 56.5 Å². The van der Waals surface area contributed by atoms with Crippen LogP contribution in [-0.4, -0.2) is 30.4 Å². The zero-order valence-electron chi connectivity index (χ0n) is 17.7. The minimum Gasteiger partial charge on any atom is -0.469 e. The summed E-state index contributed by atoms with van der Waals surface area (Å²) in [6.07, 6.45) is 8.08. The van der Waals surface area contributed by atoms with Crippen molar-refractivity contribution >= 4 is 17.4 Å². The summed E-state index contributed by atoms with van der Waals surface area (Å²) in [6.45, 7) is 0.872. The van der Waals surface area contributed by atoms with E-state index in [4.69, 9.17) is 0 Å². The van der Waals surface area contributed by atoms with Gasteiger partial charge in [-0.05, 0) is 62.1 Å². The van der Waals surface area contributed by atoms with Gasteiger partial charge in [-0.1, -0.05) is 6.07 Å². The fraction of sp³-hybridized carbons (Fsp3) is 0.400. The third-order valence-corrected chi connectivity index (χ3v) is 4.63. The van der Waals surface area contributed by atoms with Gasteiger partial charge in [0.2, 0.25) is 0 Å². The molecule has 0 aliphatic rings. The summed E-state index contributed by atoms with van der Waals surface area (Å²) in [5.74, 6) is 6.07. The molecule has 0 saturated carbocycles. The summed E-state index contributed by atoms with van der Waals surface area (Å²) in [5, 5.41) is 3.36. The van der Waals surface area contributed by atoms with Gasteiger partial charge >= 0.3 is 5.97 Å². The molecular weight excluding hydrogens is 376 g/mol. The molecule has 0 saturated heterocycles. The molecule has 0 aliphatic carbocycles. The van der Waals surface area contributed by atoms with E-state index in [9.17, 15) is 9.59 Å². The number of Topliss-reactive ketones (excluding diaryl/α,β-unsaturated/α-hetero) is 1. The SMILES string of the molecule is COC(=O)CCC(=O)c1ccc(NCCCCC#CCCCc2ccccn2)cc1. The molecule has 2 rings (SSSR count). The molecule has 158 valence electrons. The van der Waals surface area contributed by atoms with Crippen molar-refractivity contribution in [3.05, 3.63) is 59.9 Å². The summed E-state index contributed by atoms with van der Waals surface area (Å²) < 4.78 is 4.56. The highest BCUT2D eigenvalue weighted by atomic mass is 16.5. The van der Waals surface area contributed by atoms with Crippen molar-refractivity contribution in [1.29, 1.82) is 0 Å². The molecule has 0 radical (unpaired) electrons. The molecule has 0 unspecified atom stereocenters. The van der Waals surface area contributed by atoms with Crippen LogP contribution in [0.2, 0.25) is 0 Å². The van der Waals surface area contributed by atoms with Crippen LogP contribution < -0.4 is 5.32 Å². The van der Waals surface area contributed by atoms with Gasteiger partial charge in [0, 0.05) is 48.9 Å². The third-order valence-electron chi connectivity index (χ3n) is 4.63. The number of anilines is 1. The van der Waals surface area contributed by atoms with Gasteiger partial charge in [-0.2, -0.15) is 0 Å². The Balaban J connectivity index is 1.53. The van der Waals surface area contributed by atoms with Gasteiger partial charge in [0.1, 0.15) is 0 Å². The summed E-state index contributed by atoms with van der Waals surface area (Å²) >= 11 is 0. The topological polar surface area (TPSA) is 68.3 Å². The maximum Gasteiger partial charge on any atom is 0.305 e. The van der Waals surface area contributed by atoms with Crippen molar-refractivity contribution in [3.8, 4) is 11.8 Å². The Kier molecular flexibility index (Phi) is 10.8. The number of methoxy groups -OCH3 is 1. The van der Waals surface area contributed by atoms with Gasteiger partial charge in [0.25, 0.3) is 0 Å². The van der Waals surface area contributed by atoms with Gasteiger partial charge in [0.15, 0.2) is 5.78 Å². The molecule has 1 N–H and O–H groups in total. The average Bonchev–Trinajstić information content (AvgIpc) is 2.79. The Hall–Kier alpha value is -3.13. The molecule has 2 aromatic rings. The second kappa shape index (κ2) is 13.9. The molecule has 0 spiro atoms. The van der Waals surface area contributed by atoms with Gasteiger partial charge in [0.05, 0.1) is 13.5 Å². The van der Waals surface area contributed by atoms with Crippen LogP contribution in [0.3, 0.4) is 0 Å². The smallest absolute Gasteiger partial charge is 0.305 e. The highest BCUT2D eigenvalue weighted by Crippen LogP contribution is 2.12. The maximum atomic E-state index is 12.0. The lowest BCUT2D eigenvalue weighted by Crippen LogP contribution is -2.06. The normalized spacial score (nSPS) is 10.0. The van der Waals surface area contributed by atoms with Crippen LogP contribution in [0.4, 0.5) is 5.69 Å². The fourth-order valence-electron chi connectivity index (χ4n) is 2.89. The van der Waals surface area contributed by atoms with Crippen molar-refractivity contribution in [2.75, 3.05) is 19.0 Å². The van der Waals surface area contributed by atoms with Gasteiger partial charge in [-0.15, -0.1) is 11.8 Å². The molecule has 0 fully saturated rings. The lowest BCUT2D eigenvalue weighted by atomic mass is 10.1. The monoisotopic (exact) mass is 406 g/mol. The quantitative estimate of drug-likeness (QED) is 0.237. The second-order valence-electron chi connectivity index (χ2n) is 6.99. The average molecular weight is 407 g/mol. The zero-order valence-corrected chi connectivity index (χ0v) is 17.7. The number of unbranched alkanes of at least 4 members (excludes halogenated alkanes) is 3. The van der Waals surface area contributed by atoms with Crippen LogP contribution in [0, 0.1) is 11.8 Å². The van der Waals surface area contributed by atoms with Crippen molar-refractivity contribution in [1.82, 2.24) is 4.98 Å². The molecule has 1 aromatic carbocycles. The minimum atomic E-state index is -0.365. The van der Waals surface area contributed by atoms with E-state index >= 15 is 0 Å². The predicted molar refractivity (Wildman–Crippen MR) is 119 cm³/mol. The van der Waals surface area contributed by atoms with Crippen LogP contribution in [-0.2, 0) is 16.0 Å². The Morgan fingerprint density at radius 1 is 0.967 bits per heavy atom. The van der Waals surface area contributed by atoms with E-state index in [-0.39, 0.29) is 24.6 Å². The first-order valence-corrected chi connectivity index (χ1v) is 10.5. The number of carbonyl (C=O) groups is 2. The predicted octanol–water partition coefficient (Wildman–Crippen LogP) is 4.83. The molecule has 1 heterocycles. The van der Waals surface area contributed by atoms with E-state index in [1.807, 2.05) is 30.5 Å². The summed E-state index contributed by atoms with van der Waals surface area (Å²) in [4.78, 5) is 27.5. The number of pyridine rings is 1. The van der Waals surface area contributed by atoms with Gasteiger partial charge in [-0.25, -0.2) is 0 Å². The lowest BCUT2D eigenvalue weighted by molar-refractivity contribution is -0.140. The standard InChI is InChI=1S/C25H30N2O3/c1-30-25(29)18-17-24(28)21-13-15-23(16-14-21)27-19-9-6-4-2-3-5-7-11-22-12-8-10-20-26-22/h8,10,12-16,20,27H,4-7,9,11,17-19H2,1H3. The van der Waals surface area contributed by atoms with Crippen LogP contribution in [0.5, 0.6) is 0 Å². The number of nitrogens with zero attached hydrogens (tertiary/aromatic N) is 1. The number of ketones is 1. The van der Waals surface area contributed by atoms with Crippen LogP contribution in [0.1, 0.15) is 61.0 Å². The van der Waals surface area contributed by atoms with E-state index in [1.54, 1.807) is 12.1 Å². The largest absolute Gasteiger partial charge is 0.469 e. The van der Waals surface area contributed by atoms with Crippen molar-refractivity contribution < 1.29 is 14.3 Å². The molecular formula is C25H30N2O3. The van der Waals surface area contributed by atoms with E-state index in [2.05, 4.69) is 32.9 Å². The lowest BCUT2D eigenvalue weighted by Gasteiger charge is -2.07. The molecule has 5 nitrogen and oxygen atoms in total. The number of ether oxygens (including phenoxy) is 1. The van der Waals surface area contributed by atoms with Crippen LogP contribution >= 0.6 is 0 Å². The second-order valence-corrected chi connectivity index (χ2v) is 6.99. The number of aromatic nitrogens is 1. The summed E-state index contributed by atoms with van der Waals surface area (Å²) in [6, 6.07) is 13.4.